The van der Waals surface area contributed by atoms with E-state index in [4.69, 9.17) is 4.74 Å². The van der Waals surface area contributed by atoms with E-state index in [1.165, 1.54) is 6.08 Å². The normalized spacial score (nSPS) is 10.8. The lowest BCUT2D eigenvalue weighted by molar-refractivity contribution is -0.111. The molecule has 0 bridgehead atoms. The summed E-state index contributed by atoms with van der Waals surface area (Å²) >= 11 is 0. The molecule has 0 saturated carbocycles. The number of amides is 1. The minimum Gasteiger partial charge on any atom is -0.496 e. The molecule has 114 valence electrons. The van der Waals surface area contributed by atoms with E-state index < -0.39 is 0 Å². The van der Waals surface area contributed by atoms with Crippen LogP contribution in [0.15, 0.2) is 66.9 Å². The lowest BCUT2D eigenvalue weighted by atomic mass is 10.1. The summed E-state index contributed by atoms with van der Waals surface area (Å²) in [6.45, 7) is 0. The van der Waals surface area contributed by atoms with Gasteiger partial charge in [-0.15, -0.1) is 0 Å². The average Bonchev–Trinajstić information content (AvgIpc) is 2.60. The smallest absolute Gasteiger partial charge is 0.248 e. The molecule has 0 fully saturated rings. The fourth-order valence-electron chi connectivity index (χ4n) is 2.35. The lowest BCUT2D eigenvalue weighted by Gasteiger charge is -2.06. The quantitative estimate of drug-likeness (QED) is 0.744. The SMILES string of the molecule is COc1ccccc1C=CC(=O)Nc1ccnc2ccccc12. The molecule has 1 N–H and O–H groups in total. The van der Waals surface area contributed by atoms with Gasteiger partial charge < -0.3 is 10.1 Å². The zero-order valence-corrected chi connectivity index (χ0v) is 12.7. The summed E-state index contributed by atoms with van der Waals surface area (Å²) < 4.78 is 5.26. The Labute approximate surface area is 134 Å². The zero-order chi connectivity index (χ0) is 16.1. The molecule has 0 aliphatic carbocycles. The number of carbonyl (C=O) groups is 1. The summed E-state index contributed by atoms with van der Waals surface area (Å²) in [7, 11) is 1.61. The molecule has 0 spiro atoms. The highest BCUT2D eigenvalue weighted by atomic mass is 16.5. The number of nitrogens with zero attached hydrogens (tertiary/aromatic N) is 1. The fourth-order valence-corrected chi connectivity index (χ4v) is 2.35. The summed E-state index contributed by atoms with van der Waals surface area (Å²) in [5.41, 5.74) is 2.44. The van der Waals surface area contributed by atoms with Gasteiger partial charge in [-0.2, -0.15) is 0 Å². The molecular formula is C19H16N2O2. The molecule has 1 heterocycles. The molecule has 3 aromatic rings. The second-order valence-corrected chi connectivity index (χ2v) is 4.94. The van der Waals surface area contributed by atoms with Crippen LogP contribution < -0.4 is 10.1 Å². The van der Waals surface area contributed by atoms with E-state index in [2.05, 4.69) is 10.3 Å². The van der Waals surface area contributed by atoms with Gasteiger partial charge in [0, 0.05) is 23.2 Å². The number of aromatic nitrogens is 1. The molecule has 2 aromatic carbocycles. The van der Waals surface area contributed by atoms with E-state index in [9.17, 15) is 4.79 Å². The Hall–Kier alpha value is -3.14. The Kier molecular flexibility index (Phi) is 4.34. The first-order valence-electron chi connectivity index (χ1n) is 7.24. The van der Waals surface area contributed by atoms with Gasteiger partial charge in [-0.3, -0.25) is 9.78 Å². The van der Waals surface area contributed by atoms with Gasteiger partial charge >= 0.3 is 0 Å². The number of benzene rings is 2. The number of rotatable bonds is 4. The third-order valence-electron chi connectivity index (χ3n) is 3.46. The van der Waals surface area contributed by atoms with Crippen LogP contribution >= 0.6 is 0 Å². The summed E-state index contributed by atoms with van der Waals surface area (Å²) in [5.74, 6) is 0.526. The van der Waals surface area contributed by atoms with Crippen molar-refractivity contribution in [2.75, 3.05) is 12.4 Å². The van der Waals surface area contributed by atoms with E-state index in [-0.39, 0.29) is 5.91 Å². The van der Waals surface area contributed by atoms with Crippen molar-refractivity contribution in [2.24, 2.45) is 0 Å². The maximum Gasteiger partial charge on any atom is 0.248 e. The molecule has 0 aliphatic heterocycles. The standard InChI is InChI=1S/C19H16N2O2/c1-23-18-9-5-2-6-14(18)10-11-19(22)21-17-12-13-20-16-8-4-3-7-15(16)17/h2-13H,1H3,(H,20,21,22). The average molecular weight is 304 g/mol. The highest BCUT2D eigenvalue weighted by molar-refractivity contribution is 6.06. The van der Waals surface area contributed by atoms with Crippen LogP contribution in [0.5, 0.6) is 5.75 Å². The second-order valence-electron chi connectivity index (χ2n) is 4.94. The maximum atomic E-state index is 12.2. The highest BCUT2D eigenvalue weighted by Crippen LogP contribution is 2.21. The lowest BCUT2D eigenvalue weighted by Crippen LogP contribution is -2.08. The number of carbonyl (C=O) groups excluding carboxylic acids is 1. The molecule has 0 radical (unpaired) electrons. The van der Waals surface area contributed by atoms with E-state index in [0.717, 1.165) is 27.9 Å². The molecule has 4 nitrogen and oxygen atoms in total. The monoisotopic (exact) mass is 304 g/mol. The molecule has 1 aromatic heterocycles. The van der Waals surface area contributed by atoms with E-state index in [1.807, 2.05) is 48.5 Å². The summed E-state index contributed by atoms with van der Waals surface area (Å²) in [6, 6.07) is 17.0. The van der Waals surface area contributed by atoms with Crippen molar-refractivity contribution in [2.45, 2.75) is 0 Å². The van der Waals surface area contributed by atoms with Gasteiger partial charge in [-0.25, -0.2) is 0 Å². The molecule has 1 amide bonds. The van der Waals surface area contributed by atoms with Crippen molar-refractivity contribution in [1.29, 1.82) is 0 Å². The predicted octanol–water partition coefficient (Wildman–Crippen LogP) is 3.90. The molecular weight excluding hydrogens is 288 g/mol. The number of fused-ring (bicyclic) bond motifs is 1. The van der Waals surface area contributed by atoms with Crippen LogP contribution in [0.2, 0.25) is 0 Å². The van der Waals surface area contributed by atoms with Gasteiger partial charge in [0.2, 0.25) is 5.91 Å². The van der Waals surface area contributed by atoms with Gasteiger partial charge in [0.25, 0.3) is 0 Å². The van der Waals surface area contributed by atoms with Gasteiger partial charge in [0.05, 0.1) is 18.3 Å². The number of hydrogen-bond acceptors (Lipinski definition) is 3. The zero-order valence-electron chi connectivity index (χ0n) is 12.7. The largest absolute Gasteiger partial charge is 0.496 e. The fraction of sp³-hybridized carbons (Fsp3) is 0.0526. The molecule has 0 atom stereocenters. The van der Waals surface area contributed by atoms with Crippen LogP contribution in [0.1, 0.15) is 5.56 Å². The van der Waals surface area contributed by atoms with E-state index in [0.29, 0.717) is 0 Å². The van der Waals surface area contributed by atoms with Crippen molar-refractivity contribution >= 4 is 28.6 Å². The maximum absolute atomic E-state index is 12.2. The summed E-state index contributed by atoms with van der Waals surface area (Å²) in [6.07, 6.45) is 4.91. The Balaban J connectivity index is 1.80. The Bertz CT molecular complexity index is 867. The molecule has 0 unspecified atom stereocenters. The predicted molar refractivity (Wildman–Crippen MR) is 92.4 cm³/mol. The van der Waals surface area contributed by atoms with Crippen LogP contribution in [0.25, 0.3) is 17.0 Å². The minimum absolute atomic E-state index is 0.202. The number of methoxy groups -OCH3 is 1. The number of ether oxygens (including phenoxy) is 1. The van der Waals surface area contributed by atoms with Crippen molar-refractivity contribution < 1.29 is 9.53 Å². The van der Waals surface area contributed by atoms with Crippen molar-refractivity contribution in [3.63, 3.8) is 0 Å². The summed E-state index contributed by atoms with van der Waals surface area (Å²) in [4.78, 5) is 16.4. The molecule has 3 rings (SSSR count). The van der Waals surface area contributed by atoms with Crippen molar-refractivity contribution in [1.82, 2.24) is 4.98 Å². The topological polar surface area (TPSA) is 51.2 Å². The van der Waals surface area contributed by atoms with Gasteiger partial charge in [-0.1, -0.05) is 36.4 Å². The third-order valence-corrected chi connectivity index (χ3v) is 3.46. The Morgan fingerprint density at radius 3 is 2.74 bits per heavy atom. The second kappa shape index (κ2) is 6.75. The first-order valence-corrected chi connectivity index (χ1v) is 7.24. The number of hydrogen-bond donors (Lipinski definition) is 1. The third kappa shape index (κ3) is 3.37. The number of pyridine rings is 1. The van der Waals surface area contributed by atoms with Gasteiger partial charge in [0.1, 0.15) is 5.75 Å². The van der Waals surface area contributed by atoms with Crippen LogP contribution in [0.4, 0.5) is 5.69 Å². The molecule has 4 heteroatoms. The Morgan fingerprint density at radius 1 is 1.09 bits per heavy atom. The van der Waals surface area contributed by atoms with Crippen LogP contribution in [0.3, 0.4) is 0 Å². The van der Waals surface area contributed by atoms with Crippen LogP contribution in [0, 0.1) is 0 Å². The molecule has 23 heavy (non-hydrogen) atoms. The van der Waals surface area contributed by atoms with E-state index in [1.54, 1.807) is 25.4 Å². The Morgan fingerprint density at radius 2 is 1.87 bits per heavy atom. The van der Waals surface area contributed by atoms with Crippen LogP contribution in [-0.4, -0.2) is 18.0 Å². The highest BCUT2D eigenvalue weighted by Gasteiger charge is 2.04. The first-order chi connectivity index (χ1) is 11.3. The summed E-state index contributed by atoms with van der Waals surface area (Å²) in [5, 5.41) is 3.80. The van der Waals surface area contributed by atoms with Gasteiger partial charge in [0.15, 0.2) is 0 Å². The number of para-hydroxylation sites is 2. The van der Waals surface area contributed by atoms with E-state index >= 15 is 0 Å². The molecule has 0 saturated heterocycles. The van der Waals surface area contributed by atoms with Crippen molar-refractivity contribution in [3.05, 3.63) is 72.4 Å². The number of nitrogens with one attached hydrogen (secondary N) is 1. The van der Waals surface area contributed by atoms with Gasteiger partial charge in [-0.05, 0) is 24.3 Å². The van der Waals surface area contributed by atoms with Crippen molar-refractivity contribution in [3.8, 4) is 5.75 Å². The van der Waals surface area contributed by atoms with Crippen LogP contribution in [-0.2, 0) is 4.79 Å². The molecule has 0 aliphatic rings. The minimum atomic E-state index is -0.202. The first kappa shape index (κ1) is 14.8. The number of anilines is 1.